The van der Waals surface area contributed by atoms with Crippen LogP contribution < -0.4 is 0 Å². The maximum Gasteiger partial charge on any atom is 0.378 e. The van der Waals surface area contributed by atoms with E-state index in [0.717, 1.165) is 6.42 Å². The average molecular weight is 319 g/mol. The lowest BCUT2D eigenvalue weighted by atomic mass is 10.3. The first-order chi connectivity index (χ1) is 11.2. The van der Waals surface area contributed by atoms with Crippen molar-refractivity contribution in [3.63, 3.8) is 0 Å². The molecule has 2 heterocycles. The van der Waals surface area contributed by atoms with Gasteiger partial charge in [-0.25, -0.2) is 18.9 Å². The van der Waals surface area contributed by atoms with Crippen LogP contribution in [0.4, 0.5) is 4.39 Å². The number of halogens is 1. The minimum absolute atomic E-state index is 0.0522. The monoisotopic (exact) mass is 319 g/mol. The summed E-state index contributed by atoms with van der Waals surface area (Å²) >= 11 is 0. The molecule has 0 unspecified atom stereocenters. The quantitative estimate of drug-likeness (QED) is 0.791. The molecule has 0 bridgehead atoms. The molecule has 1 aliphatic heterocycles. The third kappa shape index (κ3) is 3.39. The Morgan fingerprint density at radius 1 is 1.48 bits per heavy atom. The fourth-order valence-electron chi connectivity index (χ4n) is 2.44. The molecular weight excluding hydrogens is 301 g/mol. The van der Waals surface area contributed by atoms with Crippen molar-refractivity contribution >= 4 is 5.97 Å². The van der Waals surface area contributed by atoms with Gasteiger partial charge >= 0.3 is 5.97 Å². The van der Waals surface area contributed by atoms with Gasteiger partial charge in [0.05, 0.1) is 13.2 Å². The molecule has 1 saturated heterocycles. The summed E-state index contributed by atoms with van der Waals surface area (Å²) in [4.78, 5) is 16.4. The third-order valence-corrected chi connectivity index (χ3v) is 3.57. The number of hydrogen-bond acceptors (Lipinski definition) is 5. The van der Waals surface area contributed by atoms with Crippen molar-refractivity contribution in [2.24, 2.45) is 0 Å². The van der Waals surface area contributed by atoms with E-state index in [1.165, 1.54) is 10.7 Å². The van der Waals surface area contributed by atoms with Gasteiger partial charge in [0.1, 0.15) is 23.4 Å². The fraction of sp³-hybridized carbons (Fsp3) is 0.438. The lowest BCUT2D eigenvalue weighted by Gasteiger charge is -2.07. The van der Waals surface area contributed by atoms with Crippen LogP contribution in [0.3, 0.4) is 0 Å². The highest BCUT2D eigenvalue weighted by atomic mass is 19.1. The van der Waals surface area contributed by atoms with E-state index in [0.29, 0.717) is 31.9 Å². The van der Waals surface area contributed by atoms with Crippen LogP contribution in [0.1, 0.15) is 36.2 Å². The lowest BCUT2D eigenvalue weighted by molar-refractivity contribution is 0.0257. The summed E-state index contributed by atoms with van der Waals surface area (Å²) in [5.41, 5.74) is 0.270. The summed E-state index contributed by atoms with van der Waals surface area (Å²) in [5.74, 6) is -0.539. The number of hydrogen-bond donors (Lipinski definition) is 0. The van der Waals surface area contributed by atoms with Crippen LogP contribution in [-0.4, -0.2) is 40.1 Å². The summed E-state index contributed by atoms with van der Waals surface area (Å²) in [6, 6.07) is 6.26. The lowest BCUT2D eigenvalue weighted by Crippen LogP contribution is -2.19. The predicted molar refractivity (Wildman–Crippen MR) is 80.0 cm³/mol. The minimum atomic E-state index is -0.604. The standard InChI is InChI=1S/C16H18FN3O3/c1-2-5-14-18-15(16(21)23-11-8-9-22-10-11)19-20(14)13-7-4-3-6-12(13)17/h3-4,6-7,11H,2,5,8-10H2,1H3/t11-/m1/s1. The number of carbonyl (C=O) groups excluding carboxylic acids is 1. The summed E-state index contributed by atoms with van der Waals surface area (Å²) < 4.78 is 25.9. The van der Waals surface area contributed by atoms with E-state index < -0.39 is 11.8 Å². The molecule has 0 radical (unpaired) electrons. The number of aromatic nitrogens is 3. The molecule has 1 aromatic carbocycles. The first kappa shape index (κ1) is 15.6. The van der Waals surface area contributed by atoms with Crippen molar-refractivity contribution in [2.75, 3.05) is 13.2 Å². The van der Waals surface area contributed by atoms with Gasteiger partial charge in [-0.2, -0.15) is 0 Å². The van der Waals surface area contributed by atoms with E-state index in [2.05, 4.69) is 10.1 Å². The summed E-state index contributed by atoms with van der Waals surface area (Å²) in [6.45, 7) is 2.95. The molecule has 23 heavy (non-hydrogen) atoms. The first-order valence-electron chi connectivity index (χ1n) is 7.68. The van der Waals surface area contributed by atoms with Crippen molar-refractivity contribution in [1.82, 2.24) is 14.8 Å². The van der Waals surface area contributed by atoms with Crippen molar-refractivity contribution in [2.45, 2.75) is 32.3 Å². The van der Waals surface area contributed by atoms with Gasteiger partial charge in [-0.1, -0.05) is 19.1 Å². The number of ether oxygens (including phenoxy) is 2. The van der Waals surface area contributed by atoms with Crippen molar-refractivity contribution in [3.8, 4) is 5.69 Å². The molecule has 2 aromatic rings. The minimum Gasteiger partial charge on any atom is -0.454 e. The van der Waals surface area contributed by atoms with Crippen LogP contribution in [0.15, 0.2) is 24.3 Å². The van der Waals surface area contributed by atoms with E-state index in [9.17, 15) is 9.18 Å². The van der Waals surface area contributed by atoms with Gasteiger partial charge in [-0.3, -0.25) is 0 Å². The number of nitrogens with zero attached hydrogens (tertiary/aromatic N) is 3. The number of carbonyl (C=O) groups is 1. The SMILES string of the molecule is CCCc1nc(C(=O)O[C@@H]2CCOC2)nn1-c1ccccc1F. The van der Waals surface area contributed by atoms with Crippen molar-refractivity contribution < 1.29 is 18.7 Å². The molecule has 122 valence electrons. The van der Waals surface area contributed by atoms with Gasteiger partial charge in [0.25, 0.3) is 5.82 Å². The van der Waals surface area contributed by atoms with Crippen LogP contribution >= 0.6 is 0 Å². The Balaban J connectivity index is 1.89. The van der Waals surface area contributed by atoms with Crippen LogP contribution in [0.2, 0.25) is 0 Å². The maximum absolute atomic E-state index is 14.0. The Labute approximate surface area is 133 Å². The van der Waals surface area contributed by atoms with Gasteiger partial charge in [0, 0.05) is 12.8 Å². The number of esters is 1. The number of benzene rings is 1. The van der Waals surface area contributed by atoms with Gasteiger partial charge in [-0.15, -0.1) is 5.10 Å². The smallest absolute Gasteiger partial charge is 0.378 e. The second-order valence-corrected chi connectivity index (χ2v) is 5.36. The highest BCUT2D eigenvalue weighted by molar-refractivity contribution is 5.85. The summed E-state index contributed by atoms with van der Waals surface area (Å²) in [7, 11) is 0. The predicted octanol–water partition coefficient (Wildman–Crippen LogP) is 2.30. The van der Waals surface area contributed by atoms with Crippen molar-refractivity contribution in [3.05, 3.63) is 41.7 Å². The van der Waals surface area contributed by atoms with E-state index in [1.54, 1.807) is 18.2 Å². The van der Waals surface area contributed by atoms with E-state index in [4.69, 9.17) is 9.47 Å². The van der Waals surface area contributed by atoms with Gasteiger partial charge in [0.15, 0.2) is 0 Å². The molecule has 6 nitrogen and oxygen atoms in total. The highest BCUT2D eigenvalue weighted by Crippen LogP contribution is 2.16. The molecule has 1 atom stereocenters. The van der Waals surface area contributed by atoms with Crippen LogP contribution in [-0.2, 0) is 15.9 Å². The van der Waals surface area contributed by atoms with Gasteiger partial charge < -0.3 is 9.47 Å². The molecule has 1 aliphatic rings. The zero-order chi connectivity index (χ0) is 16.2. The number of para-hydroxylation sites is 1. The Bertz CT molecular complexity index is 696. The second kappa shape index (κ2) is 6.87. The van der Waals surface area contributed by atoms with Crippen LogP contribution in [0.5, 0.6) is 0 Å². The average Bonchev–Trinajstić information content (AvgIpc) is 3.18. The molecular formula is C16H18FN3O3. The molecule has 1 fully saturated rings. The Kier molecular flexibility index (Phi) is 4.66. The Hall–Kier alpha value is -2.28. The molecule has 0 N–H and O–H groups in total. The topological polar surface area (TPSA) is 66.2 Å². The van der Waals surface area contributed by atoms with Crippen LogP contribution in [0.25, 0.3) is 5.69 Å². The zero-order valence-corrected chi connectivity index (χ0v) is 12.9. The van der Waals surface area contributed by atoms with Crippen LogP contribution in [0, 0.1) is 5.82 Å². The summed E-state index contributed by atoms with van der Waals surface area (Å²) in [6.07, 6.45) is 1.79. The normalized spacial score (nSPS) is 17.4. The molecule has 0 amide bonds. The highest BCUT2D eigenvalue weighted by Gasteiger charge is 2.25. The summed E-state index contributed by atoms with van der Waals surface area (Å²) in [5, 5.41) is 4.15. The van der Waals surface area contributed by atoms with Crippen molar-refractivity contribution in [1.29, 1.82) is 0 Å². The van der Waals surface area contributed by atoms with Gasteiger partial charge in [0.2, 0.25) is 0 Å². The zero-order valence-electron chi connectivity index (χ0n) is 12.9. The largest absolute Gasteiger partial charge is 0.454 e. The van der Waals surface area contributed by atoms with E-state index in [-0.39, 0.29) is 17.6 Å². The molecule has 0 spiro atoms. The van der Waals surface area contributed by atoms with E-state index in [1.807, 2.05) is 6.92 Å². The number of aryl methyl sites for hydroxylation is 1. The third-order valence-electron chi connectivity index (χ3n) is 3.57. The fourth-order valence-corrected chi connectivity index (χ4v) is 2.44. The molecule has 1 aromatic heterocycles. The Morgan fingerprint density at radius 3 is 3.00 bits per heavy atom. The first-order valence-corrected chi connectivity index (χ1v) is 7.68. The maximum atomic E-state index is 14.0. The van der Waals surface area contributed by atoms with Gasteiger partial charge in [-0.05, 0) is 18.6 Å². The second-order valence-electron chi connectivity index (χ2n) is 5.36. The van der Waals surface area contributed by atoms with E-state index >= 15 is 0 Å². The molecule has 0 saturated carbocycles. The number of rotatable bonds is 5. The molecule has 0 aliphatic carbocycles. The molecule has 3 rings (SSSR count). The Morgan fingerprint density at radius 2 is 2.30 bits per heavy atom. The molecule has 7 heteroatoms.